The molecule has 0 fully saturated rings. The van der Waals surface area contributed by atoms with Crippen LogP contribution in [0.1, 0.15) is 24.1 Å². The Hall–Kier alpha value is -2.28. The molecule has 3 rings (SSSR count). The van der Waals surface area contributed by atoms with E-state index in [9.17, 15) is 0 Å². The quantitative estimate of drug-likeness (QED) is 0.451. The van der Waals surface area contributed by atoms with Gasteiger partial charge in [-0.2, -0.15) is 0 Å². The Kier molecular flexibility index (Phi) is 11.9. The molecule has 1 atom stereocenters. The summed E-state index contributed by atoms with van der Waals surface area (Å²) in [5, 5.41) is 6.16. The van der Waals surface area contributed by atoms with Crippen molar-refractivity contribution in [1.82, 2.24) is 10.2 Å². The van der Waals surface area contributed by atoms with Crippen LogP contribution in [0.5, 0.6) is 0 Å². The van der Waals surface area contributed by atoms with Crippen molar-refractivity contribution in [2.45, 2.75) is 19.5 Å². The zero-order valence-electron chi connectivity index (χ0n) is 17.5. The molecule has 3 aromatic rings. The van der Waals surface area contributed by atoms with Crippen LogP contribution in [0.4, 0.5) is 0 Å². The lowest BCUT2D eigenvalue weighted by Gasteiger charge is -2.15. The minimum Gasteiger partial charge on any atom is -0.307 e. The normalized spacial score (nSPS) is 11.4. The number of halogens is 2. The van der Waals surface area contributed by atoms with Crippen LogP contribution in [0.25, 0.3) is 10.8 Å². The smallest absolute Gasteiger partial charge is 0.0605 e. The molecule has 4 heteroatoms. The third-order valence-corrected chi connectivity index (χ3v) is 4.78. The summed E-state index contributed by atoms with van der Waals surface area (Å²) < 4.78 is 0. The number of allylic oxidation sites excluding steroid dienone is 1. The monoisotopic (exact) mass is 440 g/mol. The highest BCUT2D eigenvalue weighted by atomic mass is 35.5. The average molecular weight is 441 g/mol. The van der Waals surface area contributed by atoms with Gasteiger partial charge in [0.25, 0.3) is 0 Å². The minimum atomic E-state index is 0. The zero-order valence-corrected chi connectivity index (χ0v) is 19.2. The van der Waals surface area contributed by atoms with Crippen LogP contribution < -0.4 is 5.32 Å². The maximum absolute atomic E-state index is 3.56. The summed E-state index contributed by atoms with van der Waals surface area (Å²) in [6, 6.07) is 25.8. The summed E-state index contributed by atoms with van der Waals surface area (Å²) in [4.78, 5) is 2.22. The van der Waals surface area contributed by atoms with Gasteiger partial charge in [0.1, 0.15) is 0 Å². The third-order valence-electron chi connectivity index (χ3n) is 4.78. The zero-order chi connectivity index (χ0) is 19.6. The number of hydrogen-bond acceptors (Lipinski definition) is 2. The first kappa shape index (κ1) is 25.8. The van der Waals surface area contributed by atoms with Gasteiger partial charge < -0.3 is 5.32 Å². The topological polar surface area (TPSA) is 15.3 Å². The molecule has 0 aliphatic heterocycles. The van der Waals surface area contributed by atoms with Crippen LogP contribution in [0.15, 0.2) is 84.9 Å². The summed E-state index contributed by atoms with van der Waals surface area (Å²) in [5.74, 6) is 6.34. The molecule has 0 saturated heterocycles. The number of fused-ring (bicyclic) bond motifs is 1. The Labute approximate surface area is 193 Å². The molecule has 0 heterocycles. The molecule has 2 nitrogen and oxygen atoms in total. The number of nitrogens with zero attached hydrogens (tertiary/aromatic N) is 1. The standard InChI is InChI=1S/C26H28N2.2ClH/c1-22(25-18-12-16-24-15-8-9-17-26(24)25)27-19-10-3-4-11-20-28(2)21-23-13-6-5-7-14-23;;/h3,5-10,12-18,22,27H,19-21H2,1-2H3;2*1H/b10-3+;;/t22-;;/m1../s1. The van der Waals surface area contributed by atoms with Gasteiger partial charge in [-0.3, -0.25) is 4.90 Å². The lowest BCUT2D eigenvalue weighted by atomic mass is 10.00. The molecule has 0 radical (unpaired) electrons. The predicted octanol–water partition coefficient (Wildman–Crippen LogP) is 6.03. The van der Waals surface area contributed by atoms with Gasteiger partial charge in [0.05, 0.1) is 6.54 Å². The molecule has 3 aromatic carbocycles. The maximum Gasteiger partial charge on any atom is 0.0605 e. The number of hydrogen-bond donors (Lipinski definition) is 1. The SMILES string of the molecule is C[C@@H](NC/C=C/C#CCN(C)Cc1ccccc1)c1cccc2ccccc12.Cl.Cl. The van der Waals surface area contributed by atoms with Crippen LogP contribution >= 0.6 is 24.8 Å². The van der Waals surface area contributed by atoms with Crippen LogP contribution in [-0.2, 0) is 6.54 Å². The van der Waals surface area contributed by atoms with Gasteiger partial charge in [0.15, 0.2) is 0 Å². The second kappa shape index (κ2) is 13.9. The van der Waals surface area contributed by atoms with Crippen molar-refractivity contribution in [3.63, 3.8) is 0 Å². The molecule has 30 heavy (non-hydrogen) atoms. The molecule has 0 aromatic heterocycles. The molecule has 0 bridgehead atoms. The molecule has 0 unspecified atom stereocenters. The average Bonchev–Trinajstić information content (AvgIpc) is 2.73. The van der Waals surface area contributed by atoms with Gasteiger partial charge >= 0.3 is 0 Å². The fraction of sp³-hybridized carbons (Fsp3) is 0.231. The van der Waals surface area contributed by atoms with Gasteiger partial charge in [0, 0.05) is 19.1 Å². The van der Waals surface area contributed by atoms with Crippen molar-refractivity contribution in [2.75, 3.05) is 20.1 Å². The van der Waals surface area contributed by atoms with Gasteiger partial charge in [-0.1, -0.05) is 90.7 Å². The Morgan fingerprint density at radius 1 is 0.933 bits per heavy atom. The fourth-order valence-electron chi connectivity index (χ4n) is 3.29. The van der Waals surface area contributed by atoms with E-state index in [1.54, 1.807) is 0 Å². The van der Waals surface area contributed by atoms with Crippen molar-refractivity contribution in [3.05, 3.63) is 96.1 Å². The van der Waals surface area contributed by atoms with Crippen LogP contribution in [0, 0.1) is 11.8 Å². The summed E-state index contributed by atoms with van der Waals surface area (Å²) >= 11 is 0. The first-order chi connectivity index (χ1) is 13.7. The summed E-state index contributed by atoms with van der Waals surface area (Å²) in [6.45, 7) is 4.70. The number of benzene rings is 3. The Balaban J connectivity index is 0.00000225. The highest BCUT2D eigenvalue weighted by Gasteiger charge is 2.07. The maximum atomic E-state index is 3.56. The molecular weight excluding hydrogens is 411 g/mol. The van der Waals surface area contributed by atoms with Crippen molar-refractivity contribution in [1.29, 1.82) is 0 Å². The molecule has 0 aliphatic rings. The Bertz CT molecular complexity index is 969. The lowest BCUT2D eigenvalue weighted by molar-refractivity contribution is 0.369. The summed E-state index contributed by atoms with van der Waals surface area (Å²) in [7, 11) is 2.10. The van der Waals surface area contributed by atoms with E-state index in [0.29, 0.717) is 6.04 Å². The summed E-state index contributed by atoms with van der Waals surface area (Å²) in [6.07, 6.45) is 4.03. The van der Waals surface area contributed by atoms with Gasteiger partial charge in [0.2, 0.25) is 0 Å². The van der Waals surface area contributed by atoms with Crippen molar-refractivity contribution < 1.29 is 0 Å². The van der Waals surface area contributed by atoms with Gasteiger partial charge in [-0.05, 0) is 41.9 Å². The van der Waals surface area contributed by atoms with Crippen molar-refractivity contribution >= 4 is 35.6 Å². The van der Waals surface area contributed by atoms with E-state index in [1.165, 1.54) is 21.9 Å². The van der Waals surface area contributed by atoms with E-state index in [4.69, 9.17) is 0 Å². The van der Waals surface area contributed by atoms with Gasteiger partial charge in [-0.25, -0.2) is 0 Å². The van der Waals surface area contributed by atoms with E-state index in [-0.39, 0.29) is 24.8 Å². The van der Waals surface area contributed by atoms with E-state index < -0.39 is 0 Å². The van der Waals surface area contributed by atoms with Crippen LogP contribution in [-0.4, -0.2) is 25.0 Å². The molecule has 158 valence electrons. The number of rotatable bonds is 7. The second-order valence-electron chi connectivity index (χ2n) is 7.08. The van der Waals surface area contributed by atoms with Crippen LogP contribution in [0.3, 0.4) is 0 Å². The van der Waals surface area contributed by atoms with Gasteiger partial charge in [-0.15, -0.1) is 24.8 Å². The molecule has 0 amide bonds. The van der Waals surface area contributed by atoms with E-state index in [1.807, 2.05) is 12.1 Å². The summed E-state index contributed by atoms with van der Waals surface area (Å²) in [5.41, 5.74) is 2.65. The molecule has 0 saturated carbocycles. The van der Waals surface area contributed by atoms with Crippen LogP contribution in [0.2, 0.25) is 0 Å². The van der Waals surface area contributed by atoms with Crippen molar-refractivity contribution in [3.8, 4) is 11.8 Å². The Morgan fingerprint density at radius 2 is 1.63 bits per heavy atom. The highest BCUT2D eigenvalue weighted by Crippen LogP contribution is 2.23. The van der Waals surface area contributed by atoms with Crippen molar-refractivity contribution in [2.24, 2.45) is 0 Å². The first-order valence-electron chi connectivity index (χ1n) is 9.81. The fourth-order valence-corrected chi connectivity index (χ4v) is 3.29. The molecule has 1 N–H and O–H groups in total. The second-order valence-corrected chi connectivity index (χ2v) is 7.08. The van der Waals surface area contributed by atoms with E-state index in [0.717, 1.165) is 19.6 Å². The lowest BCUT2D eigenvalue weighted by Crippen LogP contribution is -2.18. The minimum absolute atomic E-state index is 0. The van der Waals surface area contributed by atoms with E-state index in [2.05, 4.69) is 109 Å². The Morgan fingerprint density at radius 3 is 2.43 bits per heavy atom. The molecular formula is C26H30Cl2N2. The third kappa shape index (κ3) is 7.86. The highest BCUT2D eigenvalue weighted by molar-refractivity contribution is 5.86. The van der Waals surface area contributed by atoms with E-state index >= 15 is 0 Å². The predicted molar refractivity (Wildman–Crippen MR) is 135 cm³/mol. The molecule has 0 spiro atoms. The molecule has 0 aliphatic carbocycles. The first-order valence-corrected chi connectivity index (χ1v) is 9.81. The largest absolute Gasteiger partial charge is 0.307 e. The number of nitrogens with one attached hydrogen (secondary N) is 1.